The molecule has 2 heterocycles. The minimum Gasteiger partial charge on any atom is -0.374 e. The van der Waals surface area contributed by atoms with Crippen LogP contribution in [0, 0.1) is 0 Å². The summed E-state index contributed by atoms with van der Waals surface area (Å²) in [5, 5.41) is 9.91. The van der Waals surface area contributed by atoms with Crippen molar-refractivity contribution in [3.63, 3.8) is 0 Å². The van der Waals surface area contributed by atoms with Crippen molar-refractivity contribution in [1.29, 1.82) is 0 Å². The largest absolute Gasteiger partial charge is 0.374 e. The van der Waals surface area contributed by atoms with Crippen LogP contribution in [0.1, 0.15) is 19.3 Å². The quantitative estimate of drug-likeness (QED) is 0.802. The Morgan fingerprint density at radius 3 is 2.93 bits per heavy atom. The van der Waals surface area contributed by atoms with Gasteiger partial charge in [0.25, 0.3) is 0 Å². The average Bonchev–Trinajstić information content (AvgIpc) is 2.23. The molecule has 3 nitrogen and oxygen atoms in total. The lowest BCUT2D eigenvalue weighted by Gasteiger charge is -2.34. The minimum atomic E-state index is -0.371. The van der Waals surface area contributed by atoms with E-state index < -0.39 is 0 Å². The van der Waals surface area contributed by atoms with Gasteiger partial charge in [-0.2, -0.15) is 0 Å². The number of hydrogen-bond acceptors (Lipinski definition) is 3. The first kappa shape index (κ1) is 11.4. The summed E-state index contributed by atoms with van der Waals surface area (Å²) in [5.74, 6) is 0. The van der Waals surface area contributed by atoms with Crippen molar-refractivity contribution in [3.05, 3.63) is 21.3 Å². The molecule has 0 spiro atoms. The number of pyridine rings is 1. The van der Waals surface area contributed by atoms with Gasteiger partial charge in [-0.25, -0.2) is 4.98 Å². The van der Waals surface area contributed by atoms with Crippen LogP contribution in [-0.2, 0) is 0 Å². The lowest BCUT2D eigenvalue weighted by molar-refractivity contribution is 0.140. The second-order valence-electron chi connectivity index (χ2n) is 3.63. The fourth-order valence-electron chi connectivity index (χ4n) is 1.82. The van der Waals surface area contributed by atoms with E-state index >= 15 is 0 Å². The number of aliphatic hydroxyl groups excluding tert-OH is 1. The molecule has 1 saturated heterocycles. The molecule has 1 fully saturated rings. The highest BCUT2D eigenvalue weighted by molar-refractivity contribution is 9.11. The van der Waals surface area contributed by atoms with Crippen LogP contribution in [0.15, 0.2) is 21.3 Å². The van der Waals surface area contributed by atoms with Crippen molar-refractivity contribution in [2.24, 2.45) is 0 Å². The Bertz CT molecular complexity index is 359. The van der Waals surface area contributed by atoms with Gasteiger partial charge in [0.2, 0.25) is 0 Å². The molecule has 1 unspecified atom stereocenters. The summed E-state index contributed by atoms with van der Waals surface area (Å²) in [6, 6.07) is 1.93. The Morgan fingerprint density at radius 2 is 2.20 bits per heavy atom. The maximum Gasteiger partial charge on any atom is 0.126 e. The van der Waals surface area contributed by atoms with E-state index in [-0.39, 0.29) is 6.23 Å². The molecule has 1 aliphatic heterocycles. The standard InChI is InChI=1S/C10H12Br2N2O/c11-7-6-13-9(12)5-8(7)14-4-2-1-3-10(14)15/h5-6,10,15H,1-4H2. The molecular formula is C10H12Br2N2O. The van der Waals surface area contributed by atoms with Gasteiger partial charge in [0.05, 0.1) is 10.2 Å². The number of anilines is 1. The molecule has 0 aromatic carbocycles. The zero-order valence-corrected chi connectivity index (χ0v) is 11.3. The number of aromatic nitrogens is 1. The fourth-order valence-corrected chi connectivity index (χ4v) is 2.58. The molecule has 15 heavy (non-hydrogen) atoms. The molecule has 1 atom stereocenters. The third kappa shape index (κ3) is 2.52. The first-order valence-electron chi connectivity index (χ1n) is 4.94. The molecule has 1 aromatic rings. The van der Waals surface area contributed by atoms with Crippen LogP contribution in [-0.4, -0.2) is 22.9 Å². The molecule has 0 saturated carbocycles. The molecule has 2 rings (SSSR count). The van der Waals surface area contributed by atoms with E-state index in [1.807, 2.05) is 11.0 Å². The van der Waals surface area contributed by atoms with Crippen LogP contribution in [0.3, 0.4) is 0 Å². The van der Waals surface area contributed by atoms with Gasteiger partial charge in [0.1, 0.15) is 10.8 Å². The summed E-state index contributed by atoms with van der Waals surface area (Å²) in [6.07, 6.45) is 4.45. The Kier molecular flexibility index (Phi) is 3.64. The topological polar surface area (TPSA) is 36.4 Å². The molecule has 1 aromatic heterocycles. The van der Waals surface area contributed by atoms with E-state index in [2.05, 4.69) is 36.8 Å². The van der Waals surface area contributed by atoms with Gasteiger partial charge < -0.3 is 10.0 Å². The van der Waals surface area contributed by atoms with Crippen molar-refractivity contribution in [2.45, 2.75) is 25.5 Å². The number of halogens is 2. The molecule has 0 radical (unpaired) electrons. The lowest BCUT2D eigenvalue weighted by Crippen LogP contribution is -2.39. The number of rotatable bonds is 1. The van der Waals surface area contributed by atoms with Gasteiger partial charge >= 0.3 is 0 Å². The summed E-state index contributed by atoms with van der Waals surface area (Å²) >= 11 is 6.80. The van der Waals surface area contributed by atoms with Crippen LogP contribution in [0.25, 0.3) is 0 Å². The predicted octanol–water partition coefficient (Wildman–Crippen LogP) is 2.92. The Hall–Kier alpha value is -0.130. The highest BCUT2D eigenvalue weighted by Gasteiger charge is 2.22. The normalized spacial score (nSPS) is 21.8. The van der Waals surface area contributed by atoms with E-state index in [9.17, 15) is 5.11 Å². The van der Waals surface area contributed by atoms with Crippen LogP contribution in [0.5, 0.6) is 0 Å². The zero-order chi connectivity index (χ0) is 10.8. The number of piperidine rings is 1. The summed E-state index contributed by atoms with van der Waals surface area (Å²) in [5.41, 5.74) is 1.00. The number of aliphatic hydroxyl groups is 1. The van der Waals surface area contributed by atoms with Crippen molar-refractivity contribution < 1.29 is 5.11 Å². The van der Waals surface area contributed by atoms with Gasteiger partial charge in [0.15, 0.2) is 0 Å². The van der Waals surface area contributed by atoms with Crippen molar-refractivity contribution in [3.8, 4) is 0 Å². The molecule has 82 valence electrons. The van der Waals surface area contributed by atoms with E-state index in [0.717, 1.165) is 40.6 Å². The van der Waals surface area contributed by atoms with Crippen LogP contribution in [0.2, 0.25) is 0 Å². The molecule has 0 bridgehead atoms. The fraction of sp³-hybridized carbons (Fsp3) is 0.500. The van der Waals surface area contributed by atoms with E-state index in [1.165, 1.54) is 0 Å². The second-order valence-corrected chi connectivity index (χ2v) is 5.30. The van der Waals surface area contributed by atoms with Gasteiger partial charge in [-0.05, 0) is 57.2 Å². The highest BCUT2D eigenvalue weighted by atomic mass is 79.9. The van der Waals surface area contributed by atoms with E-state index in [0.29, 0.717) is 0 Å². The van der Waals surface area contributed by atoms with Gasteiger partial charge in [-0.15, -0.1) is 0 Å². The maximum absolute atomic E-state index is 9.91. The third-order valence-corrected chi connectivity index (χ3v) is 3.63. The first-order valence-corrected chi connectivity index (χ1v) is 6.53. The minimum absolute atomic E-state index is 0.371. The molecule has 1 aliphatic rings. The van der Waals surface area contributed by atoms with E-state index in [4.69, 9.17) is 0 Å². The summed E-state index contributed by atoms with van der Waals surface area (Å²) in [6.45, 7) is 0.899. The smallest absolute Gasteiger partial charge is 0.126 e. The van der Waals surface area contributed by atoms with Crippen molar-refractivity contribution >= 4 is 37.5 Å². The predicted molar refractivity (Wildman–Crippen MR) is 66.8 cm³/mol. The van der Waals surface area contributed by atoms with Gasteiger partial charge in [-0.1, -0.05) is 0 Å². The van der Waals surface area contributed by atoms with Gasteiger partial charge in [-0.3, -0.25) is 0 Å². The Balaban J connectivity index is 2.30. The van der Waals surface area contributed by atoms with Crippen molar-refractivity contribution in [2.75, 3.05) is 11.4 Å². The SMILES string of the molecule is OC1CCCCN1c1cc(Br)ncc1Br. The first-order chi connectivity index (χ1) is 7.18. The summed E-state index contributed by atoms with van der Waals surface area (Å²) < 4.78 is 1.71. The molecule has 0 aliphatic carbocycles. The second kappa shape index (κ2) is 4.80. The van der Waals surface area contributed by atoms with Crippen LogP contribution < -0.4 is 4.90 Å². The summed E-state index contributed by atoms with van der Waals surface area (Å²) in [4.78, 5) is 6.13. The summed E-state index contributed by atoms with van der Waals surface area (Å²) in [7, 11) is 0. The third-order valence-electron chi connectivity index (χ3n) is 2.58. The zero-order valence-electron chi connectivity index (χ0n) is 8.16. The molecule has 5 heteroatoms. The van der Waals surface area contributed by atoms with Crippen LogP contribution >= 0.6 is 31.9 Å². The highest BCUT2D eigenvalue weighted by Crippen LogP contribution is 2.31. The van der Waals surface area contributed by atoms with Crippen molar-refractivity contribution in [1.82, 2.24) is 4.98 Å². The molecular weight excluding hydrogens is 324 g/mol. The average molecular weight is 336 g/mol. The van der Waals surface area contributed by atoms with Gasteiger partial charge in [0, 0.05) is 12.7 Å². The number of nitrogens with zero attached hydrogens (tertiary/aromatic N) is 2. The Labute approximate surface area is 106 Å². The monoisotopic (exact) mass is 334 g/mol. The number of hydrogen-bond donors (Lipinski definition) is 1. The molecule has 0 amide bonds. The maximum atomic E-state index is 9.91. The van der Waals surface area contributed by atoms with Crippen LogP contribution in [0.4, 0.5) is 5.69 Å². The lowest BCUT2D eigenvalue weighted by atomic mass is 10.1. The van der Waals surface area contributed by atoms with E-state index in [1.54, 1.807) is 6.20 Å². The Morgan fingerprint density at radius 1 is 1.40 bits per heavy atom. The molecule has 1 N–H and O–H groups in total.